The number of anilines is 1. The van der Waals surface area contributed by atoms with E-state index in [1.54, 1.807) is 0 Å². The summed E-state index contributed by atoms with van der Waals surface area (Å²) < 4.78 is 11.7. The van der Waals surface area contributed by atoms with Crippen molar-refractivity contribution in [2.45, 2.75) is 24.5 Å². The maximum absolute atomic E-state index is 11.7. The average Bonchev–Trinajstić information content (AvgIpc) is 2.65. The molecule has 1 saturated heterocycles. The number of hydrogen-bond acceptors (Lipinski definition) is 7. The molecule has 4 N–H and O–H groups in total. The molecule has 0 spiro atoms. The summed E-state index contributed by atoms with van der Waals surface area (Å²) in [5.74, 6) is 0.0995. The SMILES string of the molecule is CO[C@H]1C(O)[C@@H](CO)O[C@H]1n1ccc(N)nc1=O. The Morgan fingerprint density at radius 1 is 1.67 bits per heavy atom. The minimum absolute atomic E-state index is 0.0995. The van der Waals surface area contributed by atoms with E-state index >= 15 is 0 Å². The van der Waals surface area contributed by atoms with Crippen molar-refractivity contribution >= 4 is 5.82 Å². The van der Waals surface area contributed by atoms with E-state index in [-0.39, 0.29) is 12.4 Å². The Balaban J connectivity index is 2.35. The molecule has 0 aromatic carbocycles. The monoisotopic (exact) mass is 257 g/mol. The maximum Gasteiger partial charge on any atom is 0.351 e. The predicted molar refractivity (Wildman–Crippen MR) is 60.7 cm³/mol. The average molecular weight is 257 g/mol. The lowest BCUT2D eigenvalue weighted by Gasteiger charge is -2.20. The lowest BCUT2D eigenvalue weighted by Crippen LogP contribution is -2.37. The van der Waals surface area contributed by atoms with Gasteiger partial charge in [-0.05, 0) is 6.07 Å². The summed E-state index contributed by atoms with van der Waals surface area (Å²) in [6, 6.07) is 1.44. The fourth-order valence-electron chi connectivity index (χ4n) is 1.97. The molecule has 1 unspecified atom stereocenters. The lowest BCUT2D eigenvalue weighted by molar-refractivity contribution is -0.0624. The van der Waals surface area contributed by atoms with Gasteiger partial charge in [0.05, 0.1) is 6.61 Å². The number of aliphatic hydroxyl groups excluding tert-OH is 2. The largest absolute Gasteiger partial charge is 0.394 e. The third kappa shape index (κ3) is 2.10. The van der Waals surface area contributed by atoms with Crippen molar-refractivity contribution in [1.29, 1.82) is 0 Å². The molecule has 2 rings (SSSR count). The van der Waals surface area contributed by atoms with Crippen LogP contribution in [0.2, 0.25) is 0 Å². The number of hydrogen-bond donors (Lipinski definition) is 3. The first kappa shape index (κ1) is 13.0. The van der Waals surface area contributed by atoms with Crippen LogP contribution >= 0.6 is 0 Å². The number of nitrogens with two attached hydrogens (primary N) is 1. The summed E-state index contributed by atoms with van der Waals surface area (Å²) in [6.45, 7) is -0.366. The van der Waals surface area contributed by atoms with E-state index < -0.39 is 30.2 Å². The van der Waals surface area contributed by atoms with Crippen LogP contribution in [-0.4, -0.2) is 51.8 Å². The molecule has 0 amide bonds. The van der Waals surface area contributed by atoms with Gasteiger partial charge in [-0.25, -0.2) is 4.79 Å². The van der Waals surface area contributed by atoms with Crippen molar-refractivity contribution in [2.75, 3.05) is 19.5 Å². The fraction of sp³-hybridized carbons (Fsp3) is 0.600. The molecule has 1 aromatic rings. The van der Waals surface area contributed by atoms with Crippen molar-refractivity contribution in [2.24, 2.45) is 0 Å². The molecule has 0 saturated carbocycles. The highest BCUT2D eigenvalue weighted by Crippen LogP contribution is 2.30. The van der Waals surface area contributed by atoms with Crippen molar-refractivity contribution in [3.8, 4) is 0 Å². The van der Waals surface area contributed by atoms with Crippen molar-refractivity contribution in [1.82, 2.24) is 9.55 Å². The molecule has 4 atom stereocenters. The number of nitrogen functional groups attached to an aromatic ring is 1. The first-order valence-corrected chi connectivity index (χ1v) is 5.40. The van der Waals surface area contributed by atoms with Gasteiger partial charge < -0.3 is 25.4 Å². The Morgan fingerprint density at radius 3 is 2.94 bits per heavy atom. The second kappa shape index (κ2) is 5.02. The highest BCUT2D eigenvalue weighted by Gasteiger charge is 2.45. The van der Waals surface area contributed by atoms with E-state index in [2.05, 4.69) is 4.98 Å². The molecule has 0 aliphatic carbocycles. The van der Waals surface area contributed by atoms with Gasteiger partial charge in [0.15, 0.2) is 6.23 Å². The minimum Gasteiger partial charge on any atom is -0.394 e. The highest BCUT2D eigenvalue weighted by molar-refractivity contribution is 5.23. The molecule has 2 heterocycles. The third-order valence-electron chi connectivity index (χ3n) is 2.89. The Morgan fingerprint density at radius 2 is 2.39 bits per heavy atom. The molecular formula is C10H15N3O5. The van der Waals surface area contributed by atoms with Crippen molar-refractivity contribution in [3.05, 3.63) is 22.7 Å². The van der Waals surface area contributed by atoms with Crippen LogP contribution in [0.1, 0.15) is 6.23 Å². The van der Waals surface area contributed by atoms with Crippen LogP contribution in [0.5, 0.6) is 0 Å². The van der Waals surface area contributed by atoms with Crippen LogP contribution in [0, 0.1) is 0 Å². The Bertz CT molecular complexity index is 477. The molecule has 1 aliphatic rings. The van der Waals surface area contributed by atoms with Gasteiger partial charge in [0.2, 0.25) is 0 Å². The van der Waals surface area contributed by atoms with Gasteiger partial charge in [-0.2, -0.15) is 4.98 Å². The standard InChI is InChI=1S/C10H15N3O5/c1-17-8-7(15)5(4-14)18-9(8)13-3-2-6(11)12-10(13)16/h2-3,5,7-9,14-15H,4H2,1H3,(H2,11,12,16)/t5-,7?,8+,9-/m1/s1. The van der Waals surface area contributed by atoms with Crippen LogP contribution in [0.4, 0.5) is 5.82 Å². The Hall–Kier alpha value is -1.48. The number of rotatable bonds is 3. The number of ether oxygens (including phenoxy) is 2. The molecular weight excluding hydrogens is 242 g/mol. The highest BCUT2D eigenvalue weighted by atomic mass is 16.6. The van der Waals surface area contributed by atoms with Crippen molar-refractivity contribution in [3.63, 3.8) is 0 Å². The number of aliphatic hydroxyl groups is 2. The summed E-state index contributed by atoms with van der Waals surface area (Å²) in [5, 5.41) is 18.9. The lowest BCUT2D eigenvalue weighted by atomic mass is 10.1. The molecule has 100 valence electrons. The van der Waals surface area contributed by atoms with Crippen LogP contribution < -0.4 is 11.4 Å². The molecule has 8 heteroatoms. The quantitative estimate of drug-likeness (QED) is 0.578. The second-order valence-electron chi connectivity index (χ2n) is 3.98. The molecule has 1 aromatic heterocycles. The summed E-state index contributed by atoms with van der Waals surface area (Å²) in [6.07, 6.45) is -2.01. The molecule has 8 nitrogen and oxygen atoms in total. The second-order valence-corrected chi connectivity index (χ2v) is 3.98. The van der Waals surface area contributed by atoms with Gasteiger partial charge in [0.1, 0.15) is 24.1 Å². The van der Waals surface area contributed by atoms with Gasteiger partial charge in [0.25, 0.3) is 0 Å². The molecule has 1 aliphatic heterocycles. The van der Waals surface area contributed by atoms with E-state index in [0.717, 1.165) is 0 Å². The first-order chi connectivity index (χ1) is 8.58. The number of nitrogens with zero attached hydrogens (tertiary/aromatic N) is 2. The minimum atomic E-state index is -1.02. The van der Waals surface area contributed by atoms with Gasteiger partial charge >= 0.3 is 5.69 Å². The summed E-state index contributed by atoms with van der Waals surface area (Å²) in [5.41, 5.74) is 4.78. The van der Waals surface area contributed by atoms with Crippen LogP contribution in [0.3, 0.4) is 0 Å². The van der Waals surface area contributed by atoms with E-state index in [0.29, 0.717) is 0 Å². The van der Waals surface area contributed by atoms with E-state index in [4.69, 9.17) is 20.3 Å². The zero-order valence-corrected chi connectivity index (χ0v) is 9.76. The van der Waals surface area contributed by atoms with Crippen LogP contribution in [0.25, 0.3) is 0 Å². The summed E-state index contributed by atoms with van der Waals surface area (Å²) in [7, 11) is 1.39. The van der Waals surface area contributed by atoms with Crippen molar-refractivity contribution < 1.29 is 19.7 Å². The zero-order valence-electron chi connectivity index (χ0n) is 9.76. The third-order valence-corrected chi connectivity index (χ3v) is 2.89. The topological polar surface area (TPSA) is 120 Å². The van der Waals surface area contributed by atoms with Gasteiger partial charge in [-0.1, -0.05) is 0 Å². The summed E-state index contributed by atoms with van der Waals surface area (Å²) in [4.78, 5) is 15.3. The Labute approximate surface area is 103 Å². The van der Waals surface area contributed by atoms with Gasteiger partial charge in [0, 0.05) is 13.3 Å². The maximum atomic E-state index is 11.7. The van der Waals surface area contributed by atoms with E-state index in [9.17, 15) is 9.90 Å². The molecule has 1 fully saturated rings. The summed E-state index contributed by atoms with van der Waals surface area (Å²) >= 11 is 0. The van der Waals surface area contributed by atoms with Gasteiger partial charge in [-0.15, -0.1) is 0 Å². The van der Waals surface area contributed by atoms with E-state index in [1.165, 1.54) is 23.9 Å². The molecule has 18 heavy (non-hydrogen) atoms. The Kier molecular flexibility index (Phi) is 3.62. The number of aromatic nitrogens is 2. The van der Waals surface area contributed by atoms with Crippen LogP contribution in [-0.2, 0) is 9.47 Å². The molecule has 0 radical (unpaired) electrons. The molecule has 0 bridgehead atoms. The smallest absolute Gasteiger partial charge is 0.351 e. The van der Waals surface area contributed by atoms with Gasteiger partial charge in [-0.3, -0.25) is 4.57 Å². The number of methoxy groups -OCH3 is 1. The first-order valence-electron chi connectivity index (χ1n) is 5.40. The normalized spacial score (nSPS) is 31.7. The zero-order chi connectivity index (χ0) is 13.3. The van der Waals surface area contributed by atoms with E-state index in [1.807, 2.05) is 0 Å². The fourth-order valence-corrected chi connectivity index (χ4v) is 1.97. The predicted octanol–water partition coefficient (Wildman–Crippen LogP) is -1.91. The van der Waals surface area contributed by atoms with Crippen LogP contribution in [0.15, 0.2) is 17.1 Å².